The van der Waals surface area contributed by atoms with Crippen LogP contribution >= 0.6 is 0 Å². The summed E-state index contributed by atoms with van der Waals surface area (Å²) in [6.45, 7) is 2.15. The van der Waals surface area contributed by atoms with Crippen molar-refractivity contribution in [2.75, 3.05) is 6.54 Å². The van der Waals surface area contributed by atoms with E-state index in [1.54, 1.807) is 13.0 Å². The summed E-state index contributed by atoms with van der Waals surface area (Å²) in [6.07, 6.45) is 3.00. The molecule has 6 heteroatoms. The van der Waals surface area contributed by atoms with E-state index in [0.29, 0.717) is 23.6 Å². The van der Waals surface area contributed by atoms with Crippen molar-refractivity contribution in [2.45, 2.75) is 32.2 Å². The molecule has 0 aliphatic heterocycles. The molecule has 1 aromatic carbocycles. The predicted octanol–water partition coefficient (Wildman–Crippen LogP) is 1.76. The Morgan fingerprint density at radius 2 is 2.25 bits per heavy atom. The molecule has 2 rings (SSSR count). The van der Waals surface area contributed by atoms with Gasteiger partial charge in [0.25, 0.3) is 11.6 Å². The highest BCUT2D eigenvalue weighted by Gasteiger charge is 2.28. The van der Waals surface area contributed by atoms with Crippen molar-refractivity contribution in [1.29, 1.82) is 0 Å². The summed E-state index contributed by atoms with van der Waals surface area (Å²) in [5.41, 5.74) is 6.43. The summed E-state index contributed by atoms with van der Waals surface area (Å²) in [7, 11) is 0. The van der Waals surface area contributed by atoms with Gasteiger partial charge >= 0.3 is 0 Å². The van der Waals surface area contributed by atoms with Gasteiger partial charge in [-0.3, -0.25) is 14.9 Å². The summed E-state index contributed by atoms with van der Waals surface area (Å²) in [5, 5.41) is 13.9. The number of carbonyl (C=O) groups excluding carboxylic acids is 1. The topological polar surface area (TPSA) is 98.3 Å². The number of nitro groups is 1. The lowest BCUT2D eigenvalue weighted by atomic mass is 10.0. The average molecular weight is 277 g/mol. The molecule has 0 spiro atoms. The summed E-state index contributed by atoms with van der Waals surface area (Å²) >= 11 is 0. The smallest absolute Gasteiger partial charge is 0.273 e. The molecule has 6 nitrogen and oxygen atoms in total. The first-order chi connectivity index (χ1) is 9.54. The quantitative estimate of drug-likeness (QED) is 0.647. The van der Waals surface area contributed by atoms with Gasteiger partial charge in [0.2, 0.25) is 0 Å². The maximum Gasteiger partial charge on any atom is 0.273 e. The third-order valence-electron chi connectivity index (χ3n) is 4.02. The zero-order valence-electron chi connectivity index (χ0n) is 11.5. The second-order valence-electron chi connectivity index (χ2n) is 5.21. The molecule has 1 aliphatic carbocycles. The van der Waals surface area contributed by atoms with Crippen LogP contribution in [-0.2, 0) is 0 Å². The number of nitrogens with one attached hydrogen (secondary N) is 1. The van der Waals surface area contributed by atoms with Gasteiger partial charge in [0, 0.05) is 23.2 Å². The zero-order valence-corrected chi connectivity index (χ0v) is 11.5. The lowest BCUT2D eigenvalue weighted by molar-refractivity contribution is -0.385. The van der Waals surface area contributed by atoms with Gasteiger partial charge in [-0.1, -0.05) is 12.5 Å². The van der Waals surface area contributed by atoms with Crippen LogP contribution in [0.5, 0.6) is 0 Å². The molecule has 20 heavy (non-hydrogen) atoms. The number of carbonyl (C=O) groups is 1. The predicted molar refractivity (Wildman–Crippen MR) is 75.5 cm³/mol. The first-order valence-corrected chi connectivity index (χ1v) is 6.79. The van der Waals surface area contributed by atoms with E-state index in [4.69, 9.17) is 5.73 Å². The number of hydrogen-bond donors (Lipinski definition) is 2. The Morgan fingerprint density at radius 1 is 1.50 bits per heavy atom. The Bertz CT molecular complexity index is 530. The zero-order chi connectivity index (χ0) is 14.7. The van der Waals surface area contributed by atoms with Crippen LogP contribution in [0.25, 0.3) is 0 Å². The molecule has 1 amide bonds. The first-order valence-electron chi connectivity index (χ1n) is 6.79. The van der Waals surface area contributed by atoms with Crippen molar-refractivity contribution in [3.8, 4) is 0 Å². The minimum absolute atomic E-state index is 0.0283. The van der Waals surface area contributed by atoms with Crippen molar-refractivity contribution < 1.29 is 9.72 Å². The minimum atomic E-state index is -0.468. The standard InChI is InChI=1S/C14H19N3O3/c1-9-11(5-3-7-13(9)17(19)20)14(18)16-12-6-2-4-10(12)8-15/h3,5,7,10,12H,2,4,6,8,15H2,1H3,(H,16,18). The van der Waals surface area contributed by atoms with E-state index < -0.39 is 4.92 Å². The molecule has 2 atom stereocenters. The fraction of sp³-hybridized carbons (Fsp3) is 0.500. The van der Waals surface area contributed by atoms with Gasteiger partial charge in [-0.25, -0.2) is 0 Å². The molecule has 0 radical (unpaired) electrons. The summed E-state index contributed by atoms with van der Waals surface area (Å²) in [4.78, 5) is 22.7. The highest BCUT2D eigenvalue weighted by Crippen LogP contribution is 2.26. The molecule has 1 saturated carbocycles. The summed E-state index contributed by atoms with van der Waals surface area (Å²) in [6, 6.07) is 4.63. The molecular weight excluding hydrogens is 258 g/mol. The van der Waals surface area contributed by atoms with E-state index in [-0.39, 0.29) is 17.6 Å². The number of nitrogens with two attached hydrogens (primary N) is 1. The van der Waals surface area contributed by atoms with Gasteiger partial charge in [-0.2, -0.15) is 0 Å². The fourth-order valence-electron chi connectivity index (χ4n) is 2.82. The molecule has 0 bridgehead atoms. The molecule has 1 aromatic rings. The Kier molecular flexibility index (Phi) is 4.34. The number of nitro benzene ring substituents is 1. The van der Waals surface area contributed by atoms with Gasteiger partial charge in [0.15, 0.2) is 0 Å². The molecule has 0 aromatic heterocycles. The maximum absolute atomic E-state index is 12.3. The molecular formula is C14H19N3O3. The Morgan fingerprint density at radius 3 is 2.90 bits per heavy atom. The third kappa shape index (κ3) is 2.80. The van der Waals surface area contributed by atoms with Gasteiger partial charge in [0.05, 0.1) is 4.92 Å². The lowest BCUT2D eigenvalue weighted by Gasteiger charge is -2.20. The highest BCUT2D eigenvalue weighted by atomic mass is 16.6. The van der Waals surface area contributed by atoms with Gasteiger partial charge in [-0.15, -0.1) is 0 Å². The van der Waals surface area contributed by atoms with E-state index in [9.17, 15) is 14.9 Å². The van der Waals surface area contributed by atoms with Crippen LogP contribution < -0.4 is 11.1 Å². The fourth-order valence-corrected chi connectivity index (χ4v) is 2.82. The van der Waals surface area contributed by atoms with E-state index in [0.717, 1.165) is 19.3 Å². The van der Waals surface area contributed by atoms with Crippen molar-refractivity contribution >= 4 is 11.6 Å². The Hall–Kier alpha value is -1.95. The molecule has 108 valence electrons. The normalized spacial score (nSPS) is 21.7. The van der Waals surface area contributed by atoms with E-state index in [1.165, 1.54) is 12.1 Å². The number of benzene rings is 1. The van der Waals surface area contributed by atoms with E-state index in [1.807, 2.05) is 0 Å². The largest absolute Gasteiger partial charge is 0.349 e. The van der Waals surface area contributed by atoms with Crippen LogP contribution in [0.1, 0.15) is 35.2 Å². The summed E-state index contributed by atoms with van der Waals surface area (Å²) in [5.74, 6) is 0.0505. The minimum Gasteiger partial charge on any atom is -0.349 e. The average Bonchev–Trinajstić information content (AvgIpc) is 2.85. The van der Waals surface area contributed by atoms with Crippen LogP contribution in [0, 0.1) is 23.0 Å². The lowest BCUT2D eigenvalue weighted by Crippen LogP contribution is -2.40. The SMILES string of the molecule is Cc1c(C(=O)NC2CCCC2CN)cccc1[N+](=O)[O-]. The Balaban J connectivity index is 2.17. The van der Waals surface area contributed by atoms with Crippen LogP contribution in [0.4, 0.5) is 5.69 Å². The van der Waals surface area contributed by atoms with Crippen LogP contribution in [0.3, 0.4) is 0 Å². The Labute approximate surface area is 117 Å². The molecule has 1 fully saturated rings. The van der Waals surface area contributed by atoms with E-state index >= 15 is 0 Å². The highest BCUT2D eigenvalue weighted by molar-refractivity contribution is 5.96. The van der Waals surface area contributed by atoms with Crippen molar-refractivity contribution in [3.63, 3.8) is 0 Å². The van der Waals surface area contributed by atoms with Gasteiger partial charge in [0.1, 0.15) is 0 Å². The number of hydrogen-bond acceptors (Lipinski definition) is 4. The van der Waals surface area contributed by atoms with Crippen LogP contribution in [-0.4, -0.2) is 23.4 Å². The van der Waals surface area contributed by atoms with Gasteiger partial charge in [-0.05, 0) is 38.3 Å². The van der Waals surface area contributed by atoms with Crippen LogP contribution in [0.15, 0.2) is 18.2 Å². The molecule has 1 aliphatic rings. The monoisotopic (exact) mass is 277 g/mol. The summed E-state index contributed by atoms with van der Waals surface area (Å²) < 4.78 is 0. The number of rotatable bonds is 4. The molecule has 2 unspecified atom stereocenters. The van der Waals surface area contributed by atoms with Crippen molar-refractivity contribution in [3.05, 3.63) is 39.4 Å². The number of amides is 1. The third-order valence-corrected chi connectivity index (χ3v) is 4.02. The van der Waals surface area contributed by atoms with Crippen molar-refractivity contribution in [2.24, 2.45) is 11.7 Å². The molecule has 0 heterocycles. The second-order valence-corrected chi connectivity index (χ2v) is 5.21. The molecule has 3 N–H and O–H groups in total. The van der Waals surface area contributed by atoms with E-state index in [2.05, 4.69) is 5.32 Å². The molecule has 0 saturated heterocycles. The second kappa shape index (κ2) is 6.00. The first kappa shape index (κ1) is 14.5. The van der Waals surface area contributed by atoms with Gasteiger partial charge < -0.3 is 11.1 Å². The maximum atomic E-state index is 12.3. The van der Waals surface area contributed by atoms with Crippen LogP contribution in [0.2, 0.25) is 0 Å². The van der Waals surface area contributed by atoms with Crippen molar-refractivity contribution in [1.82, 2.24) is 5.32 Å². The number of nitrogens with zero attached hydrogens (tertiary/aromatic N) is 1.